The quantitative estimate of drug-likeness (QED) is 0.653. The second-order valence-electron chi connectivity index (χ2n) is 5.50. The van der Waals surface area contributed by atoms with Gasteiger partial charge < -0.3 is 20.3 Å². The number of nitrogens with one attached hydrogen (secondary N) is 1. The van der Waals surface area contributed by atoms with Crippen LogP contribution in [0.3, 0.4) is 0 Å². The monoisotopic (exact) mass is 357 g/mol. The van der Waals surface area contributed by atoms with Crippen molar-refractivity contribution in [2.24, 2.45) is 0 Å². The Balaban J connectivity index is 2.23. The third-order valence-corrected chi connectivity index (χ3v) is 3.65. The summed E-state index contributed by atoms with van der Waals surface area (Å²) in [6.45, 7) is 1.80. The molecule has 0 radical (unpaired) electrons. The predicted octanol–water partition coefficient (Wildman–Crippen LogP) is 1.99. The van der Waals surface area contributed by atoms with Crippen molar-refractivity contribution < 1.29 is 29.3 Å². The number of carboxylic acids is 1. The average Bonchev–Trinajstić information content (AvgIpc) is 2.63. The summed E-state index contributed by atoms with van der Waals surface area (Å²) in [5.41, 5.74) is 0.505. The highest BCUT2D eigenvalue weighted by Gasteiger charge is 2.25. The summed E-state index contributed by atoms with van der Waals surface area (Å²) < 4.78 is 5.00. The van der Waals surface area contributed by atoms with Crippen molar-refractivity contribution in [3.8, 4) is 5.75 Å². The van der Waals surface area contributed by atoms with E-state index in [-0.39, 0.29) is 29.9 Å². The van der Waals surface area contributed by atoms with Gasteiger partial charge in [-0.05, 0) is 36.8 Å². The molecule has 0 fully saturated rings. The van der Waals surface area contributed by atoms with E-state index in [1.165, 1.54) is 30.3 Å². The van der Waals surface area contributed by atoms with Gasteiger partial charge in [0.2, 0.25) is 0 Å². The first-order valence-electron chi connectivity index (χ1n) is 8.00. The predicted molar refractivity (Wildman–Crippen MR) is 93.1 cm³/mol. The minimum Gasteiger partial charge on any atom is -0.508 e. The van der Waals surface area contributed by atoms with Crippen LogP contribution >= 0.6 is 0 Å². The van der Waals surface area contributed by atoms with E-state index >= 15 is 0 Å². The first-order valence-corrected chi connectivity index (χ1v) is 8.00. The lowest BCUT2D eigenvalue weighted by atomic mass is 10.0. The Morgan fingerprint density at radius 1 is 1.04 bits per heavy atom. The standard InChI is InChI=1S/C19H19NO6/c1-2-26-19(25)16(11-12-7-9-13(21)10-8-12)20-17(22)14-5-3-4-6-15(14)18(23)24/h3-10,16,21H,2,11H2,1H3,(H,20,22)(H,23,24). The van der Waals surface area contributed by atoms with Crippen molar-refractivity contribution in [3.05, 3.63) is 65.2 Å². The molecule has 0 saturated carbocycles. The fourth-order valence-electron chi connectivity index (χ4n) is 2.41. The molecule has 2 aromatic rings. The van der Waals surface area contributed by atoms with Gasteiger partial charge in [-0.25, -0.2) is 9.59 Å². The maximum absolute atomic E-state index is 12.5. The molecule has 1 amide bonds. The third-order valence-electron chi connectivity index (χ3n) is 3.65. The molecule has 0 heterocycles. The molecule has 7 heteroatoms. The smallest absolute Gasteiger partial charge is 0.336 e. The zero-order valence-electron chi connectivity index (χ0n) is 14.1. The number of carboxylic acid groups (broad SMARTS) is 1. The first-order chi connectivity index (χ1) is 12.4. The van der Waals surface area contributed by atoms with E-state index in [4.69, 9.17) is 4.74 Å². The van der Waals surface area contributed by atoms with Gasteiger partial charge in [-0.2, -0.15) is 0 Å². The number of phenolic OH excluding ortho intramolecular Hbond substituents is 1. The van der Waals surface area contributed by atoms with E-state index in [0.717, 1.165) is 0 Å². The highest BCUT2D eigenvalue weighted by atomic mass is 16.5. The molecule has 0 aliphatic rings. The number of phenols is 1. The Hall–Kier alpha value is -3.35. The van der Waals surface area contributed by atoms with Crippen molar-refractivity contribution in [2.75, 3.05) is 6.61 Å². The Kier molecular flexibility index (Phi) is 6.32. The molecule has 2 rings (SSSR count). The highest BCUT2D eigenvalue weighted by Crippen LogP contribution is 2.13. The Morgan fingerprint density at radius 2 is 1.65 bits per heavy atom. The lowest BCUT2D eigenvalue weighted by Crippen LogP contribution is -2.43. The molecule has 136 valence electrons. The maximum Gasteiger partial charge on any atom is 0.336 e. The van der Waals surface area contributed by atoms with Gasteiger partial charge in [0.05, 0.1) is 17.7 Å². The van der Waals surface area contributed by atoms with Crippen LogP contribution in [-0.4, -0.2) is 40.7 Å². The summed E-state index contributed by atoms with van der Waals surface area (Å²) in [6.07, 6.45) is 0.139. The number of benzene rings is 2. The van der Waals surface area contributed by atoms with Crippen LogP contribution < -0.4 is 5.32 Å². The lowest BCUT2D eigenvalue weighted by Gasteiger charge is -2.18. The number of carbonyl (C=O) groups is 3. The number of carbonyl (C=O) groups excluding carboxylic acids is 2. The van der Waals surface area contributed by atoms with Gasteiger partial charge in [0, 0.05) is 6.42 Å². The van der Waals surface area contributed by atoms with Crippen LogP contribution in [0.2, 0.25) is 0 Å². The summed E-state index contributed by atoms with van der Waals surface area (Å²) >= 11 is 0. The van der Waals surface area contributed by atoms with Gasteiger partial charge >= 0.3 is 11.9 Å². The molecule has 1 atom stereocenters. The molecule has 26 heavy (non-hydrogen) atoms. The van der Waals surface area contributed by atoms with Crippen molar-refractivity contribution in [2.45, 2.75) is 19.4 Å². The van der Waals surface area contributed by atoms with E-state index in [0.29, 0.717) is 5.56 Å². The van der Waals surface area contributed by atoms with E-state index in [1.807, 2.05) is 0 Å². The molecule has 0 aliphatic heterocycles. The number of amides is 1. The minimum atomic E-state index is -1.23. The summed E-state index contributed by atoms with van der Waals surface area (Å²) in [4.78, 5) is 36.0. The Bertz CT molecular complexity index is 800. The van der Waals surface area contributed by atoms with Crippen molar-refractivity contribution >= 4 is 17.8 Å². The van der Waals surface area contributed by atoms with Gasteiger partial charge in [-0.3, -0.25) is 4.79 Å². The van der Waals surface area contributed by atoms with Crippen LogP contribution in [0.15, 0.2) is 48.5 Å². The molecular formula is C19H19NO6. The maximum atomic E-state index is 12.5. The van der Waals surface area contributed by atoms with Gasteiger partial charge in [-0.15, -0.1) is 0 Å². The third kappa shape index (κ3) is 4.83. The Labute approximate surface area is 150 Å². The van der Waals surface area contributed by atoms with E-state index in [9.17, 15) is 24.6 Å². The van der Waals surface area contributed by atoms with Crippen LogP contribution in [0.5, 0.6) is 5.75 Å². The molecule has 0 aliphatic carbocycles. The molecule has 1 unspecified atom stereocenters. The molecule has 0 bridgehead atoms. The van der Waals surface area contributed by atoms with Crippen molar-refractivity contribution in [1.29, 1.82) is 0 Å². The van der Waals surface area contributed by atoms with E-state index in [1.54, 1.807) is 25.1 Å². The van der Waals surface area contributed by atoms with Crippen LogP contribution in [0, 0.1) is 0 Å². The van der Waals surface area contributed by atoms with Crippen LogP contribution in [0.4, 0.5) is 0 Å². The second-order valence-corrected chi connectivity index (χ2v) is 5.50. The first kappa shape index (κ1) is 19.0. The number of aromatic carboxylic acids is 1. The van der Waals surface area contributed by atoms with Crippen LogP contribution in [-0.2, 0) is 16.0 Å². The second kappa shape index (κ2) is 8.66. The number of rotatable bonds is 7. The largest absolute Gasteiger partial charge is 0.508 e. The zero-order chi connectivity index (χ0) is 19.1. The van der Waals surface area contributed by atoms with Crippen molar-refractivity contribution in [1.82, 2.24) is 5.32 Å². The highest BCUT2D eigenvalue weighted by molar-refractivity contribution is 6.05. The molecule has 0 saturated heterocycles. The van der Waals surface area contributed by atoms with Crippen LogP contribution in [0.25, 0.3) is 0 Å². The zero-order valence-corrected chi connectivity index (χ0v) is 14.1. The number of ether oxygens (including phenoxy) is 1. The minimum absolute atomic E-state index is 0.0417. The Morgan fingerprint density at radius 3 is 2.23 bits per heavy atom. The summed E-state index contributed by atoms with van der Waals surface area (Å²) in [7, 11) is 0. The molecule has 2 aromatic carbocycles. The number of hydrogen-bond acceptors (Lipinski definition) is 5. The fraction of sp³-hybridized carbons (Fsp3) is 0.211. The SMILES string of the molecule is CCOC(=O)C(Cc1ccc(O)cc1)NC(=O)c1ccccc1C(=O)O. The lowest BCUT2D eigenvalue weighted by molar-refractivity contribution is -0.145. The van der Waals surface area contributed by atoms with Gasteiger partial charge in [0.25, 0.3) is 5.91 Å². The molecule has 7 nitrogen and oxygen atoms in total. The van der Waals surface area contributed by atoms with Gasteiger partial charge in [0.15, 0.2) is 0 Å². The fourth-order valence-corrected chi connectivity index (χ4v) is 2.41. The van der Waals surface area contributed by atoms with Gasteiger partial charge in [-0.1, -0.05) is 24.3 Å². The normalized spacial score (nSPS) is 11.4. The molecule has 0 aromatic heterocycles. The van der Waals surface area contributed by atoms with Crippen molar-refractivity contribution in [3.63, 3.8) is 0 Å². The van der Waals surface area contributed by atoms with E-state index < -0.39 is 23.9 Å². The number of aromatic hydroxyl groups is 1. The summed E-state index contributed by atoms with van der Waals surface area (Å²) in [5, 5.41) is 21.1. The average molecular weight is 357 g/mol. The van der Waals surface area contributed by atoms with Gasteiger partial charge in [0.1, 0.15) is 11.8 Å². The molecule has 0 spiro atoms. The summed E-state index contributed by atoms with van der Waals surface area (Å²) in [6, 6.07) is 10.9. The van der Waals surface area contributed by atoms with E-state index in [2.05, 4.69) is 5.32 Å². The number of hydrogen-bond donors (Lipinski definition) is 3. The molecular weight excluding hydrogens is 338 g/mol. The topological polar surface area (TPSA) is 113 Å². The van der Waals surface area contributed by atoms with Crippen LogP contribution in [0.1, 0.15) is 33.2 Å². The summed E-state index contributed by atoms with van der Waals surface area (Å²) in [5.74, 6) is -2.45. The number of esters is 1. The molecule has 3 N–H and O–H groups in total.